The maximum atomic E-state index is 10.7. The number of ketones is 1. The Bertz CT molecular complexity index is 318. The summed E-state index contributed by atoms with van der Waals surface area (Å²) in [4.78, 5) is 20.8. The van der Waals surface area contributed by atoms with Gasteiger partial charge in [-0.1, -0.05) is 11.6 Å². The number of carbonyl (C=O) groups is 2. The van der Waals surface area contributed by atoms with Crippen molar-refractivity contribution in [3.63, 3.8) is 0 Å². The number of carboxylic acids is 1. The Morgan fingerprint density at radius 3 is 2.67 bits per heavy atom. The van der Waals surface area contributed by atoms with Crippen molar-refractivity contribution in [2.24, 2.45) is 0 Å². The molecule has 1 aromatic heterocycles. The van der Waals surface area contributed by atoms with E-state index in [9.17, 15) is 9.59 Å². The van der Waals surface area contributed by atoms with Crippen molar-refractivity contribution in [1.82, 2.24) is 0 Å². The molecule has 0 fully saturated rings. The lowest BCUT2D eigenvalue weighted by Crippen LogP contribution is -2.14. The molecule has 1 aromatic rings. The quantitative estimate of drug-likeness (QED) is 0.761. The Kier molecular flexibility index (Phi) is 2.83. The molecule has 0 saturated heterocycles. The molecule has 1 N–H and O–H groups in total. The van der Waals surface area contributed by atoms with Crippen molar-refractivity contribution >= 4 is 34.7 Å². The molecule has 0 atom stereocenters. The molecule has 1 rings (SSSR count). The molecule has 1 heterocycles. The number of Topliss-reactive ketones (excluding diaryl/α,β-unsaturated/α-hetero) is 1. The average molecular weight is 205 g/mol. The summed E-state index contributed by atoms with van der Waals surface area (Å²) in [6, 6.07) is 1.59. The third-order valence-electron chi connectivity index (χ3n) is 1.22. The zero-order chi connectivity index (χ0) is 9.14. The number of rotatable bonds is 3. The van der Waals surface area contributed by atoms with Crippen LogP contribution in [0, 0.1) is 0 Å². The lowest BCUT2D eigenvalue weighted by molar-refractivity contribution is -0.148. The summed E-state index contributed by atoms with van der Waals surface area (Å²) >= 11 is 6.86. The predicted molar refractivity (Wildman–Crippen MR) is 45.7 cm³/mol. The third kappa shape index (κ3) is 2.32. The zero-order valence-corrected chi connectivity index (χ0v) is 7.48. The van der Waals surface area contributed by atoms with Crippen molar-refractivity contribution < 1.29 is 14.7 Å². The largest absolute Gasteiger partial charge is 0.475 e. The van der Waals surface area contributed by atoms with Crippen LogP contribution in [0.2, 0.25) is 4.34 Å². The molecule has 0 radical (unpaired) electrons. The minimum absolute atomic E-state index is 0.0848. The highest BCUT2D eigenvalue weighted by atomic mass is 35.5. The van der Waals surface area contributed by atoms with Gasteiger partial charge in [0.2, 0.25) is 5.78 Å². The van der Waals surface area contributed by atoms with Crippen LogP contribution in [-0.4, -0.2) is 16.9 Å². The standard InChI is InChI=1S/C7H5ClO3S/c8-6-2-4(3-12-6)1-5(9)7(10)11/h2-3H,1H2,(H,10,11). The summed E-state index contributed by atoms with van der Waals surface area (Å²) in [7, 11) is 0. The van der Waals surface area contributed by atoms with Crippen LogP contribution in [0.3, 0.4) is 0 Å². The van der Waals surface area contributed by atoms with E-state index in [4.69, 9.17) is 16.7 Å². The smallest absolute Gasteiger partial charge is 0.372 e. The van der Waals surface area contributed by atoms with E-state index in [1.54, 1.807) is 11.4 Å². The minimum Gasteiger partial charge on any atom is -0.475 e. The summed E-state index contributed by atoms with van der Waals surface area (Å²) in [6.45, 7) is 0. The van der Waals surface area contributed by atoms with Crippen molar-refractivity contribution in [1.29, 1.82) is 0 Å². The molecule has 3 nitrogen and oxygen atoms in total. The van der Waals surface area contributed by atoms with E-state index in [0.717, 1.165) is 0 Å². The Morgan fingerprint density at radius 2 is 2.25 bits per heavy atom. The molecule has 0 amide bonds. The SMILES string of the molecule is O=C(O)C(=O)Cc1csc(Cl)c1. The number of aliphatic carboxylic acids is 1. The van der Waals surface area contributed by atoms with Gasteiger partial charge in [-0.2, -0.15) is 0 Å². The number of hydrogen-bond acceptors (Lipinski definition) is 3. The maximum absolute atomic E-state index is 10.7. The van der Waals surface area contributed by atoms with Gasteiger partial charge in [0.05, 0.1) is 4.34 Å². The maximum Gasteiger partial charge on any atom is 0.372 e. The molecule has 0 aliphatic heterocycles. The van der Waals surface area contributed by atoms with Crippen LogP contribution >= 0.6 is 22.9 Å². The van der Waals surface area contributed by atoms with Crippen LogP contribution in [0.4, 0.5) is 0 Å². The first-order valence-corrected chi connectivity index (χ1v) is 4.34. The van der Waals surface area contributed by atoms with Gasteiger partial charge in [-0.05, 0) is 17.0 Å². The average Bonchev–Trinajstić information content (AvgIpc) is 2.35. The van der Waals surface area contributed by atoms with Gasteiger partial charge >= 0.3 is 5.97 Å². The molecule has 0 bridgehead atoms. The topological polar surface area (TPSA) is 54.4 Å². The summed E-state index contributed by atoms with van der Waals surface area (Å²) in [5.74, 6) is -2.22. The van der Waals surface area contributed by atoms with E-state index in [-0.39, 0.29) is 6.42 Å². The van der Waals surface area contributed by atoms with E-state index < -0.39 is 11.8 Å². The van der Waals surface area contributed by atoms with Gasteiger partial charge in [-0.25, -0.2) is 4.79 Å². The van der Waals surface area contributed by atoms with Gasteiger partial charge in [-0.3, -0.25) is 4.79 Å². The fraction of sp³-hybridized carbons (Fsp3) is 0.143. The molecule has 0 aromatic carbocycles. The predicted octanol–water partition coefficient (Wildman–Crippen LogP) is 1.60. The van der Waals surface area contributed by atoms with Crippen molar-refractivity contribution in [3.05, 3.63) is 21.3 Å². The molecule has 0 aliphatic carbocycles. The number of hydrogen-bond donors (Lipinski definition) is 1. The van der Waals surface area contributed by atoms with Gasteiger partial charge in [0.25, 0.3) is 0 Å². The minimum atomic E-state index is -1.41. The molecular weight excluding hydrogens is 200 g/mol. The second kappa shape index (κ2) is 3.69. The van der Waals surface area contributed by atoms with E-state index in [1.807, 2.05) is 0 Å². The van der Waals surface area contributed by atoms with E-state index >= 15 is 0 Å². The van der Waals surface area contributed by atoms with Crippen LogP contribution < -0.4 is 0 Å². The van der Waals surface area contributed by atoms with Gasteiger partial charge < -0.3 is 5.11 Å². The summed E-state index contributed by atoms with van der Waals surface area (Å²) in [5.41, 5.74) is 0.650. The summed E-state index contributed by atoms with van der Waals surface area (Å²) in [6.07, 6.45) is -0.0848. The Balaban J connectivity index is 2.64. The van der Waals surface area contributed by atoms with Crippen LogP contribution in [-0.2, 0) is 16.0 Å². The second-order valence-electron chi connectivity index (χ2n) is 2.16. The number of halogens is 1. The summed E-state index contributed by atoms with van der Waals surface area (Å²) in [5, 5.41) is 9.94. The monoisotopic (exact) mass is 204 g/mol. The van der Waals surface area contributed by atoms with E-state index in [1.165, 1.54) is 11.3 Å². The molecule has 0 spiro atoms. The van der Waals surface area contributed by atoms with Gasteiger partial charge in [0.1, 0.15) is 0 Å². The lowest BCUT2D eigenvalue weighted by atomic mass is 10.2. The van der Waals surface area contributed by atoms with Crippen molar-refractivity contribution in [2.75, 3.05) is 0 Å². The molecule has 12 heavy (non-hydrogen) atoms. The van der Waals surface area contributed by atoms with E-state index in [0.29, 0.717) is 9.90 Å². The Morgan fingerprint density at radius 1 is 1.58 bits per heavy atom. The fourth-order valence-corrected chi connectivity index (χ4v) is 1.61. The first kappa shape index (κ1) is 9.22. The van der Waals surface area contributed by atoms with Gasteiger partial charge in [0.15, 0.2) is 0 Å². The molecule has 0 saturated carbocycles. The Labute approximate surface area is 77.6 Å². The van der Waals surface area contributed by atoms with Gasteiger partial charge in [0, 0.05) is 6.42 Å². The van der Waals surface area contributed by atoms with Crippen LogP contribution in [0.15, 0.2) is 11.4 Å². The molecule has 5 heteroatoms. The second-order valence-corrected chi connectivity index (χ2v) is 3.71. The van der Waals surface area contributed by atoms with Crippen LogP contribution in [0.5, 0.6) is 0 Å². The van der Waals surface area contributed by atoms with Crippen LogP contribution in [0.25, 0.3) is 0 Å². The lowest BCUT2D eigenvalue weighted by Gasteiger charge is -1.89. The normalized spacial score (nSPS) is 9.75. The first-order valence-electron chi connectivity index (χ1n) is 3.08. The summed E-state index contributed by atoms with van der Waals surface area (Å²) < 4.78 is 0.559. The zero-order valence-electron chi connectivity index (χ0n) is 5.91. The highest BCUT2D eigenvalue weighted by Crippen LogP contribution is 2.20. The van der Waals surface area contributed by atoms with Gasteiger partial charge in [-0.15, -0.1) is 11.3 Å². The van der Waals surface area contributed by atoms with Crippen LogP contribution in [0.1, 0.15) is 5.56 Å². The van der Waals surface area contributed by atoms with Crippen molar-refractivity contribution in [2.45, 2.75) is 6.42 Å². The fourth-order valence-electron chi connectivity index (χ4n) is 0.699. The molecule has 0 unspecified atom stereocenters. The number of carboxylic acid groups (broad SMARTS) is 1. The molecule has 64 valence electrons. The van der Waals surface area contributed by atoms with E-state index in [2.05, 4.69) is 0 Å². The highest BCUT2D eigenvalue weighted by molar-refractivity contribution is 7.14. The first-order chi connectivity index (χ1) is 5.59. The van der Waals surface area contributed by atoms with Crippen molar-refractivity contribution in [3.8, 4) is 0 Å². The number of thiophene rings is 1. The molecule has 0 aliphatic rings. The Hall–Kier alpha value is -0.870. The third-order valence-corrected chi connectivity index (χ3v) is 2.36. The molecular formula is C7H5ClO3S. The number of carbonyl (C=O) groups excluding carboxylic acids is 1. The highest BCUT2D eigenvalue weighted by Gasteiger charge is 2.12.